The third-order valence-corrected chi connectivity index (χ3v) is 0. The van der Waals surface area contributed by atoms with Gasteiger partial charge in [0.05, 0.1) is 0 Å². The van der Waals surface area contributed by atoms with Crippen LogP contribution in [0.5, 0.6) is 0 Å². The number of hydrogen-bond donors (Lipinski definition) is 0. The van der Waals surface area contributed by atoms with Gasteiger partial charge in [0.15, 0.2) is 0 Å². The van der Waals surface area contributed by atoms with Crippen LogP contribution in [0, 0.1) is 0 Å². The van der Waals surface area contributed by atoms with E-state index in [1.54, 1.807) is 0 Å². The summed E-state index contributed by atoms with van der Waals surface area (Å²) in [6.07, 6.45) is 0. The fraction of sp³-hybridized carbons (Fsp3) is 0. The van der Waals surface area contributed by atoms with Gasteiger partial charge in [0.1, 0.15) is 0 Å². The van der Waals surface area contributed by atoms with Crippen molar-refractivity contribution in [2.75, 3.05) is 0 Å². The van der Waals surface area contributed by atoms with E-state index in [0.29, 0.717) is 0 Å². The van der Waals surface area contributed by atoms with Gasteiger partial charge in [0, 0.05) is 20.8 Å². The smallest absolute Gasteiger partial charge is 0.870 e. The largest absolute Gasteiger partial charge is 3.00 e. The van der Waals surface area contributed by atoms with Crippen LogP contribution in [-0.2, 0) is 54.9 Å². The zero-order chi connectivity index (χ0) is 9.00. The van der Waals surface area contributed by atoms with Crippen molar-refractivity contribution in [3.05, 3.63) is 0 Å². The summed E-state index contributed by atoms with van der Waals surface area (Å²) in [4.78, 5) is 0. The van der Waals surface area contributed by atoms with E-state index in [0.717, 1.165) is 0 Å². The molecule has 0 bridgehead atoms. The van der Waals surface area contributed by atoms with E-state index in [2.05, 4.69) is 0 Å². The van der Waals surface area contributed by atoms with E-state index in [9.17, 15) is 0 Å². The first-order valence-corrected chi connectivity index (χ1v) is 4.00. The molecule has 0 spiro atoms. The first-order valence-electron chi connectivity index (χ1n) is 1.33. The standard InChI is InChI=1S/Cu.Fe.2H2O4S.H2O/c;;2*1-5(2,3)4;/h;;2*(H2,1,2,3,4);1H2/q+2;+3;;;/p-5. The molecule has 13 heavy (non-hydrogen) atoms. The van der Waals surface area contributed by atoms with Crippen LogP contribution < -0.4 is 0 Å². The van der Waals surface area contributed by atoms with Crippen LogP contribution in [0.2, 0.25) is 0 Å². The minimum atomic E-state index is -5.17. The minimum Gasteiger partial charge on any atom is -0.870 e. The summed E-state index contributed by atoms with van der Waals surface area (Å²) in [5.41, 5.74) is 0. The summed E-state index contributed by atoms with van der Waals surface area (Å²) in [6, 6.07) is 0. The first-order chi connectivity index (χ1) is 4.00. The summed E-state index contributed by atoms with van der Waals surface area (Å²) in [5.74, 6) is 0. The van der Waals surface area contributed by atoms with Gasteiger partial charge in [0.2, 0.25) is 0 Å². The molecule has 1 N–H and O–H groups in total. The molecular formula is HCuFeO9S2. The van der Waals surface area contributed by atoms with Crippen molar-refractivity contribution < 1.29 is 74.7 Å². The van der Waals surface area contributed by atoms with Gasteiger partial charge in [-0.05, 0) is 0 Å². The van der Waals surface area contributed by atoms with E-state index < -0.39 is 20.8 Å². The summed E-state index contributed by atoms with van der Waals surface area (Å²) in [6.45, 7) is 0. The van der Waals surface area contributed by atoms with Gasteiger partial charge in [-0.15, -0.1) is 0 Å². The molecule has 0 unspecified atom stereocenters. The van der Waals surface area contributed by atoms with Crippen LogP contribution in [0.3, 0.4) is 0 Å². The van der Waals surface area contributed by atoms with Crippen LogP contribution in [0.15, 0.2) is 0 Å². The van der Waals surface area contributed by atoms with Crippen LogP contribution in [-0.4, -0.2) is 40.5 Å². The molecule has 0 saturated heterocycles. The number of hydrogen-bond acceptors (Lipinski definition) is 9. The second-order valence-electron chi connectivity index (χ2n) is 0.816. The molecule has 0 aromatic rings. The molecule has 86 valence electrons. The van der Waals surface area contributed by atoms with Gasteiger partial charge in [-0.3, -0.25) is 16.8 Å². The SMILES string of the molecule is O=S(=O)([O-])[O-].O=S(=O)([O-])[O-].[Cu+2].[Fe+3].[OH-]. The predicted octanol–water partition coefficient (Wildman–Crippen LogP) is -2.86. The van der Waals surface area contributed by atoms with Gasteiger partial charge in [-0.1, -0.05) is 0 Å². The fourth-order valence-corrected chi connectivity index (χ4v) is 0. The Bertz CT molecular complexity index is 214. The van der Waals surface area contributed by atoms with Gasteiger partial charge < -0.3 is 23.7 Å². The second kappa shape index (κ2) is 10.8. The zero-order valence-electron chi connectivity index (χ0n) is 5.18. The molecule has 0 heterocycles. The first kappa shape index (κ1) is 29.2. The molecule has 2 radical (unpaired) electrons. The van der Waals surface area contributed by atoms with Crippen LogP contribution >= 0.6 is 0 Å². The third kappa shape index (κ3) is 2690. The Morgan fingerprint density at radius 1 is 0.692 bits per heavy atom. The van der Waals surface area contributed by atoms with Crippen molar-refractivity contribution in [1.29, 1.82) is 0 Å². The summed E-state index contributed by atoms with van der Waals surface area (Å²) < 4.78 is 68.2. The maximum atomic E-state index is 8.52. The Labute approximate surface area is 95.3 Å². The minimum absolute atomic E-state index is 0. The van der Waals surface area contributed by atoms with Gasteiger partial charge in [0.25, 0.3) is 0 Å². The van der Waals surface area contributed by atoms with Gasteiger partial charge in [-0.25, -0.2) is 0 Å². The molecule has 0 atom stereocenters. The molecule has 0 saturated carbocycles. The summed E-state index contributed by atoms with van der Waals surface area (Å²) in [7, 11) is -10.3. The molecular weight excluding hydrogens is 328 g/mol. The maximum Gasteiger partial charge on any atom is 3.00 e. The topological polar surface area (TPSA) is 191 Å². The molecule has 0 aliphatic rings. The zero-order valence-corrected chi connectivity index (χ0v) is 8.86. The van der Waals surface area contributed by atoms with Gasteiger partial charge >= 0.3 is 34.1 Å². The summed E-state index contributed by atoms with van der Waals surface area (Å²) >= 11 is 0. The van der Waals surface area contributed by atoms with E-state index in [-0.39, 0.29) is 39.6 Å². The summed E-state index contributed by atoms with van der Waals surface area (Å²) in [5, 5.41) is 0. The average molecular weight is 329 g/mol. The molecule has 9 nitrogen and oxygen atoms in total. The molecule has 13 heteroatoms. The van der Waals surface area contributed by atoms with E-state index in [1.807, 2.05) is 0 Å². The molecule has 0 rings (SSSR count). The van der Waals surface area contributed by atoms with E-state index in [4.69, 9.17) is 35.0 Å². The average Bonchev–Trinajstić information content (AvgIpc) is 1.12. The Kier molecular flexibility index (Phi) is 24.3. The van der Waals surface area contributed by atoms with Crippen molar-refractivity contribution in [3.63, 3.8) is 0 Å². The molecule has 0 aromatic heterocycles. The molecule has 0 aliphatic carbocycles. The quantitative estimate of drug-likeness (QED) is 0.255. The Balaban J connectivity index is -0.0000000267. The van der Waals surface area contributed by atoms with Crippen LogP contribution in [0.1, 0.15) is 0 Å². The maximum absolute atomic E-state index is 8.52. The fourth-order valence-electron chi connectivity index (χ4n) is 0. The van der Waals surface area contributed by atoms with E-state index >= 15 is 0 Å². The van der Waals surface area contributed by atoms with Crippen molar-refractivity contribution in [2.24, 2.45) is 0 Å². The van der Waals surface area contributed by atoms with E-state index in [1.165, 1.54) is 0 Å². The Morgan fingerprint density at radius 3 is 0.692 bits per heavy atom. The van der Waals surface area contributed by atoms with Crippen molar-refractivity contribution in [3.8, 4) is 0 Å². The Morgan fingerprint density at radius 2 is 0.692 bits per heavy atom. The molecule has 0 aliphatic heterocycles. The Hall–Kier alpha value is 0.739. The predicted molar refractivity (Wildman–Crippen MR) is 22.9 cm³/mol. The van der Waals surface area contributed by atoms with Crippen LogP contribution in [0.25, 0.3) is 0 Å². The molecule has 0 aromatic carbocycles. The number of rotatable bonds is 0. The van der Waals surface area contributed by atoms with Crippen LogP contribution in [0.4, 0.5) is 0 Å². The van der Waals surface area contributed by atoms with Crippen molar-refractivity contribution in [1.82, 2.24) is 0 Å². The van der Waals surface area contributed by atoms with Crippen molar-refractivity contribution in [2.45, 2.75) is 0 Å². The second-order valence-corrected chi connectivity index (χ2v) is 2.45. The molecule has 0 amide bonds. The van der Waals surface area contributed by atoms with Crippen molar-refractivity contribution >= 4 is 20.8 Å². The third-order valence-electron chi connectivity index (χ3n) is 0. The van der Waals surface area contributed by atoms with Gasteiger partial charge in [-0.2, -0.15) is 0 Å². The molecule has 0 fully saturated rings. The normalized spacial score (nSPS) is 8.92. The monoisotopic (exact) mass is 328 g/mol.